The molecular weight excluding hydrogens is 425 g/mol. The Balaban J connectivity index is 0.00000182. The van der Waals surface area contributed by atoms with Crippen LogP contribution in [0.25, 0.3) is 0 Å². The first-order chi connectivity index (χ1) is 11.8. The van der Waals surface area contributed by atoms with E-state index in [2.05, 4.69) is 40.6 Å². The zero-order valence-electron chi connectivity index (χ0n) is 14.2. The number of nitrogens with zero attached hydrogens (tertiary/aromatic N) is 1. The molecule has 1 aliphatic heterocycles. The number of halogens is 1. The summed E-state index contributed by atoms with van der Waals surface area (Å²) in [6.07, 6.45) is 3.56. The number of fused-ring (bicyclic) bond motifs is 1. The maximum Gasteiger partial charge on any atom is 0.189 e. The Morgan fingerprint density at radius 2 is 1.84 bits per heavy atom. The van der Waals surface area contributed by atoms with Crippen molar-refractivity contribution in [1.82, 2.24) is 5.32 Å². The predicted molar refractivity (Wildman–Crippen MR) is 112 cm³/mol. The molecule has 0 radical (unpaired) electrons. The smallest absolute Gasteiger partial charge is 0.189 e. The van der Waals surface area contributed by atoms with E-state index in [0.717, 1.165) is 23.7 Å². The minimum atomic E-state index is 0. The summed E-state index contributed by atoms with van der Waals surface area (Å²) < 4.78 is 5.68. The Kier molecular flexibility index (Phi) is 5.83. The second-order valence-electron chi connectivity index (χ2n) is 6.59. The van der Waals surface area contributed by atoms with Crippen molar-refractivity contribution in [3.8, 4) is 5.75 Å². The minimum absolute atomic E-state index is 0. The number of guanidine groups is 1. The van der Waals surface area contributed by atoms with Crippen molar-refractivity contribution in [2.24, 2.45) is 10.7 Å². The van der Waals surface area contributed by atoms with Crippen LogP contribution >= 0.6 is 24.0 Å². The molecule has 2 aromatic rings. The first kappa shape index (κ1) is 18.0. The van der Waals surface area contributed by atoms with Crippen LogP contribution in [0.15, 0.2) is 53.5 Å². The highest BCUT2D eigenvalue weighted by molar-refractivity contribution is 14.0. The lowest BCUT2D eigenvalue weighted by Crippen LogP contribution is -2.37. The van der Waals surface area contributed by atoms with Gasteiger partial charge in [0.2, 0.25) is 0 Å². The van der Waals surface area contributed by atoms with Gasteiger partial charge in [0.25, 0.3) is 0 Å². The molecule has 4 nitrogen and oxygen atoms in total. The third-order valence-electron chi connectivity index (χ3n) is 4.74. The molecule has 1 saturated carbocycles. The van der Waals surface area contributed by atoms with Crippen molar-refractivity contribution in [1.29, 1.82) is 0 Å². The van der Waals surface area contributed by atoms with Gasteiger partial charge in [-0.1, -0.05) is 42.5 Å². The van der Waals surface area contributed by atoms with Crippen molar-refractivity contribution >= 4 is 29.9 Å². The number of rotatable bonds is 4. The fourth-order valence-corrected chi connectivity index (χ4v) is 3.20. The van der Waals surface area contributed by atoms with E-state index in [1.807, 2.05) is 18.2 Å². The second-order valence-corrected chi connectivity index (χ2v) is 6.59. The summed E-state index contributed by atoms with van der Waals surface area (Å²) in [5.41, 5.74) is 9.89. The normalized spacial score (nSPS) is 19.4. The standard InChI is InChI=1S/C20H23N3O.HI/c21-20(22-13-14-5-7-15(8-6-14)16-9-10-16)23-18-11-12-24-19-4-2-1-3-17(18)19;/h1-8,16,18H,9-13H2,(H3,21,22,23);1H. The van der Waals surface area contributed by atoms with Gasteiger partial charge in [0.1, 0.15) is 5.75 Å². The molecule has 2 aliphatic rings. The average Bonchev–Trinajstić information content (AvgIpc) is 3.46. The van der Waals surface area contributed by atoms with Crippen molar-refractivity contribution in [2.75, 3.05) is 6.61 Å². The third-order valence-corrected chi connectivity index (χ3v) is 4.74. The van der Waals surface area contributed by atoms with Gasteiger partial charge >= 0.3 is 0 Å². The quantitative estimate of drug-likeness (QED) is 0.420. The molecule has 2 aromatic carbocycles. The number of benzene rings is 2. The lowest BCUT2D eigenvalue weighted by molar-refractivity contribution is 0.262. The summed E-state index contributed by atoms with van der Waals surface area (Å²) >= 11 is 0. The zero-order valence-corrected chi connectivity index (χ0v) is 16.5. The fraction of sp³-hybridized carbons (Fsp3) is 0.350. The fourth-order valence-electron chi connectivity index (χ4n) is 3.20. The number of nitrogens with two attached hydrogens (primary N) is 1. The SMILES string of the molecule is I.NC(=NCc1ccc(C2CC2)cc1)NC1CCOc2ccccc21. The lowest BCUT2D eigenvalue weighted by Gasteiger charge is -2.26. The summed E-state index contributed by atoms with van der Waals surface area (Å²) in [5, 5.41) is 3.33. The number of ether oxygens (including phenoxy) is 1. The van der Waals surface area contributed by atoms with Crippen LogP contribution in [0, 0.1) is 0 Å². The molecule has 0 amide bonds. The number of nitrogens with one attached hydrogen (secondary N) is 1. The molecule has 0 aromatic heterocycles. The predicted octanol–water partition coefficient (Wildman–Crippen LogP) is 4.11. The molecule has 1 atom stereocenters. The van der Waals surface area contributed by atoms with Gasteiger partial charge in [-0.25, -0.2) is 4.99 Å². The minimum Gasteiger partial charge on any atom is -0.493 e. The van der Waals surface area contributed by atoms with E-state index in [1.54, 1.807) is 0 Å². The van der Waals surface area contributed by atoms with Gasteiger partial charge in [-0.15, -0.1) is 24.0 Å². The zero-order chi connectivity index (χ0) is 16.4. The van der Waals surface area contributed by atoms with Gasteiger partial charge in [-0.3, -0.25) is 0 Å². The third kappa shape index (κ3) is 4.45. The van der Waals surface area contributed by atoms with E-state index in [9.17, 15) is 0 Å². The van der Waals surface area contributed by atoms with Crippen molar-refractivity contribution in [3.63, 3.8) is 0 Å². The molecule has 132 valence electrons. The Morgan fingerprint density at radius 1 is 1.08 bits per heavy atom. The van der Waals surface area contributed by atoms with Gasteiger partial charge in [0, 0.05) is 12.0 Å². The highest BCUT2D eigenvalue weighted by Crippen LogP contribution is 2.39. The Labute approximate surface area is 165 Å². The van der Waals surface area contributed by atoms with Crippen molar-refractivity contribution in [2.45, 2.75) is 37.8 Å². The largest absolute Gasteiger partial charge is 0.493 e. The molecule has 4 rings (SSSR count). The van der Waals surface area contributed by atoms with E-state index < -0.39 is 0 Å². The van der Waals surface area contributed by atoms with Crippen LogP contribution in [0.1, 0.15) is 47.9 Å². The maximum atomic E-state index is 6.10. The first-order valence-electron chi connectivity index (χ1n) is 8.66. The highest BCUT2D eigenvalue weighted by Gasteiger charge is 2.23. The molecule has 1 unspecified atom stereocenters. The van der Waals surface area contributed by atoms with E-state index in [0.29, 0.717) is 19.1 Å². The van der Waals surface area contributed by atoms with E-state index in [1.165, 1.54) is 24.0 Å². The van der Waals surface area contributed by atoms with Crippen LogP contribution in [0.3, 0.4) is 0 Å². The van der Waals surface area contributed by atoms with E-state index >= 15 is 0 Å². The molecule has 0 spiro atoms. The van der Waals surface area contributed by atoms with Crippen molar-refractivity contribution in [3.05, 3.63) is 65.2 Å². The van der Waals surface area contributed by atoms with Crippen LogP contribution < -0.4 is 15.8 Å². The highest BCUT2D eigenvalue weighted by atomic mass is 127. The summed E-state index contributed by atoms with van der Waals surface area (Å²) in [5.74, 6) is 2.22. The molecule has 1 fully saturated rings. The summed E-state index contributed by atoms with van der Waals surface area (Å²) in [6.45, 7) is 1.30. The maximum absolute atomic E-state index is 6.10. The van der Waals surface area contributed by atoms with Gasteiger partial charge in [0.05, 0.1) is 19.2 Å². The van der Waals surface area contributed by atoms with Crippen LogP contribution in [0.5, 0.6) is 5.75 Å². The molecule has 0 saturated heterocycles. The Hall–Kier alpha value is -1.76. The van der Waals surface area contributed by atoms with E-state index in [4.69, 9.17) is 10.5 Å². The molecule has 25 heavy (non-hydrogen) atoms. The number of para-hydroxylation sites is 1. The van der Waals surface area contributed by atoms with Gasteiger partial charge < -0.3 is 15.8 Å². The van der Waals surface area contributed by atoms with Crippen LogP contribution in [0.4, 0.5) is 0 Å². The van der Waals surface area contributed by atoms with Crippen LogP contribution in [0.2, 0.25) is 0 Å². The van der Waals surface area contributed by atoms with E-state index in [-0.39, 0.29) is 30.0 Å². The second kappa shape index (κ2) is 8.08. The summed E-state index contributed by atoms with van der Waals surface area (Å²) in [7, 11) is 0. The van der Waals surface area contributed by atoms with Crippen LogP contribution in [-0.4, -0.2) is 12.6 Å². The number of aliphatic imine (C=N–C) groups is 1. The number of hydrogen-bond acceptors (Lipinski definition) is 2. The van der Waals surface area contributed by atoms with Gasteiger partial charge in [-0.2, -0.15) is 0 Å². The number of hydrogen-bond donors (Lipinski definition) is 2. The lowest BCUT2D eigenvalue weighted by atomic mass is 10.0. The molecule has 1 aliphatic carbocycles. The molecular formula is C20H24IN3O. The first-order valence-corrected chi connectivity index (χ1v) is 8.66. The monoisotopic (exact) mass is 449 g/mol. The summed E-state index contributed by atoms with van der Waals surface area (Å²) in [6, 6.07) is 17.0. The summed E-state index contributed by atoms with van der Waals surface area (Å²) in [4.78, 5) is 4.49. The van der Waals surface area contributed by atoms with Gasteiger partial charge in [-0.05, 0) is 36.0 Å². The molecule has 0 bridgehead atoms. The Morgan fingerprint density at radius 3 is 2.60 bits per heavy atom. The molecule has 5 heteroatoms. The average molecular weight is 449 g/mol. The van der Waals surface area contributed by atoms with Crippen molar-refractivity contribution < 1.29 is 4.74 Å². The molecule has 3 N–H and O–H groups in total. The van der Waals surface area contributed by atoms with Crippen LogP contribution in [-0.2, 0) is 6.54 Å². The molecule has 1 heterocycles. The Bertz CT molecular complexity index is 741. The van der Waals surface area contributed by atoms with Gasteiger partial charge in [0.15, 0.2) is 5.96 Å². The topological polar surface area (TPSA) is 59.6 Å².